The molecule has 0 atom stereocenters. The SMILES string of the molecule is O=C(OCc1cc(=O)oc2ccc3ccccc3c12)c1cccnc1Cl. The third-order valence-corrected chi connectivity index (χ3v) is 4.35. The van der Waals surface area contributed by atoms with E-state index in [1.54, 1.807) is 12.1 Å². The van der Waals surface area contributed by atoms with Gasteiger partial charge in [0.25, 0.3) is 0 Å². The molecule has 0 aliphatic carbocycles. The number of fused-ring (bicyclic) bond motifs is 3. The molecule has 128 valence electrons. The predicted octanol–water partition coefficient (Wildman–Crippen LogP) is 4.35. The van der Waals surface area contributed by atoms with E-state index in [0.717, 1.165) is 16.2 Å². The van der Waals surface area contributed by atoms with Gasteiger partial charge in [0.2, 0.25) is 0 Å². The summed E-state index contributed by atoms with van der Waals surface area (Å²) >= 11 is 5.92. The number of nitrogens with zero attached hydrogens (tertiary/aromatic N) is 1. The fourth-order valence-corrected chi connectivity index (χ4v) is 3.09. The topological polar surface area (TPSA) is 69.4 Å². The summed E-state index contributed by atoms with van der Waals surface area (Å²) in [4.78, 5) is 28.0. The van der Waals surface area contributed by atoms with Crippen LogP contribution in [0.15, 0.2) is 70.0 Å². The number of esters is 1. The van der Waals surface area contributed by atoms with Crippen molar-refractivity contribution in [3.05, 3.63) is 87.5 Å². The molecular weight excluding hydrogens is 354 g/mol. The van der Waals surface area contributed by atoms with E-state index in [4.69, 9.17) is 20.8 Å². The monoisotopic (exact) mass is 365 g/mol. The van der Waals surface area contributed by atoms with Crippen LogP contribution < -0.4 is 5.63 Å². The second-order valence-corrected chi connectivity index (χ2v) is 6.03. The average molecular weight is 366 g/mol. The molecule has 0 amide bonds. The molecule has 26 heavy (non-hydrogen) atoms. The molecular formula is C20H12ClNO4. The Balaban J connectivity index is 1.76. The van der Waals surface area contributed by atoms with Crippen LogP contribution in [0.1, 0.15) is 15.9 Å². The highest BCUT2D eigenvalue weighted by molar-refractivity contribution is 6.32. The van der Waals surface area contributed by atoms with Gasteiger partial charge in [-0.1, -0.05) is 41.9 Å². The number of rotatable bonds is 3. The van der Waals surface area contributed by atoms with Crippen molar-refractivity contribution >= 4 is 39.3 Å². The fourth-order valence-electron chi connectivity index (χ4n) is 2.89. The van der Waals surface area contributed by atoms with E-state index >= 15 is 0 Å². The number of benzene rings is 2. The molecule has 0 N–H and O–H groups in total. The minimum Gasteiger partial charge on any atom is -0.457 e. The Kier molecular flexibility index (Phi) is 4.14. The molecule has 0 bridgehead atoms. The lowest BCUT2D eigenvalue weighted by Gasteiger charge is -2.10. The summed E-state index contributed by atoms with van der Waals surface area (Å²) in [6.45, 7) is -0.0832. The zero-order valence-corrected chi connectivity index (χ0v) is 14.2. The number of carbonyl (C=O) groups excluding carboxylic acids is 1. The summed E-state index contributed by atoms with van der Waals surface area (Å²) in [7, 11) is 0. The first-order chi connectivity index (χ1) is 12.6. The van der Waals surface area contributed by atoms with Crippen LogP contribution in [0, 0.1) is 0 Å². The first-order valence-corrected chi connectivity index (χ1v) is 8.23. The summed E-state index contributed by atoms with van der Waals surface area (Å²) in [5.74, 6) is -0.607. The van der Waals surface area contributed by atoms with Crippen LogP contribution in [0.3, 0.4) is 0 Å². The lowest BCUT2D eigenvalue weighted by atomic mass is 10.0. The minimum absolute atomic E-state index is 0.0698. The quantitative estimate of drug-likeness (QED) is 0.233. The van der Waals surface area contributed by atoms with Crippen molar-refractivity contribution in [1.82, 2.24) is 4.98 Å². The lowest BCUT2D eigenvalue weighted by Crippen LogP contribution is -2.09. The predicted molar refractivity (Wildman–Crippen MR) is 98.4 cm³/mol. The lowest BCUT2D eigenvalue weighted by molar-refractivity contribution is 0.0473. The standard InChI is InChI=1S/C20H12ClNO4/c21-19-15(6-3-9-22-19)20(24)25-11-13-10-17(23)26-16-8-7-12-4-1-2-5-14(12)18(13)16/h1-10H,11H2. The number of hydrogen-bond donors (Lipinski definition) is 0. The van der Waals surface area contributed by atoms with Gasteiger partial charge in [-0.15, -0.1) is 0 Å². The van der Waals surface area contributed by atoms with Crippen molar-refractivity contribution in [2.24, 2.45) is 0 Å². The van der Waals surface area contributed by atoms with Crippen LogP contribution in [0.2, 0.25) is 5.15 Å². The maximum atomic E-state index is 12.3. The Morgan fingerprint density at radius 1 is 1.12 bits per heavy atom. The van der Waals surface area contributed by atoms with Gasteiger partial charge in [-0.3, -0.25) is 0 Å². The van der Waals surface area contributed by atoms with Crippen molar-refractivity contribution in [1.29, 1.82) is 0 Å². The Morgan fingerprint density at radius 2 is 1.96 bits per heavy atom. The van der Waals surface area contributed by atoms with Gasteiger partial charge in [0.15, 0.2) is 0 Å². The summed E-state index contributed by atoms with van der Waals surface area (Å²) in [6.07, 6.45) is 1.49. The molecule has 4 aromatic rings. The van der Waals surface area contributed by atoms with E-state index in [-0.39, 0.29) is 17.3 Å². The van der Waals surface area contributed by atoms with E-state index < -0.39 is 11.6 Å². The third kappa shape index (κ3) is 2.93. The highest BCUT2D eigenvalue weighted by Crippen LogP contribution is 2.28. The van der Waals surface area contributed by atoms with Crippen LogP contribution in [-0.4, -0.2) is 11.0 Å². The Hall–Kier alpha value is -3.18. The zero-order valence-electron chi connectivity index (χ0n) is 13.4. The van der Waals surface area contributed by atoms with Crippen LogP contribution >= 0.6 is 11.6 Å². The van der Waals surface area contributed by atoms with E-state index in [1.165, 1.54) is 18.3 Å². The fraction of sp³-hybridized carbons (Fsp3) is 0.0500. The van der Waals surface area contributed by atoms with Gasteiger partial charge in [0.05, 0.1) is 5.56 Å². The number of halogens is 1. The summed E-state index contributed by atoms with van der Waals surface area (Å²) in [5.41, 5.74) is 0.688. The molecule has 2 heterocycles. The Bertz CT molecular complexity index is 1200. The largest absolute Gasteiger partial charge is 0.457 e. The van der Waals surface area contributed by atoms with Gasteiger partial charge in [-0.2, -0.15) is 0 Å². The van der Waals surface area contributed by atoms with E-state index in [0.29, 0.717) is 11.1 Å². The van der Waals surface area contributed by atoms with Gasteiger partial charge in [0.1, 0.15) is 17.3 Å². The van der Waals surface area contributed by atoms with Crippen molar-refractivity contribution in [2.75, 3.05) is 0 Å². The highest BCUT2D eigenvalue weighted by atomic mass is 35.5. The number of pyridine rings is 1. The first-order valence-electron chi connectivity index (χ1n) is 7.85. The van der Waals surface area contributed by atoms with Gasteiger partial charge in [-0.25, -0.2) is 14.6 Å². The van der Waals surface area contributed by atoms with Crippen molar-refractivity contribution < 1.29 is 13.9 Å². The molecule has 6 heteroatoms. The highest BCUT2D eigenvalue weighted by Gasteiger charge is 2.15. The van der Waals surface area contributed by atoms with Crippen molar-refractivity contribution in [3.8, 4) is 0 Å². The van der Waals surface area contributed by atoms with Crippen LogP contribution in [0.25, 0.3) is 21.7 Å². The van der Waals surface area contributed by atoms with Gasteiger partial charge < -0.3 is 9.15 Å². The number of aromatic nitrogens is 1. The van der Waals surface area contributed by atoms with Crippen LogP contribution in [-0.2, 0) is 11.3 Å². The van der Waals surface area contributed by atoms with Gasteiger partial charge >= 0.3 is 11.6 Å². The number of hydrogen-bond acceptors (Lipinski definition) is 5. The second kappa shape index (κ2) is 6.61. The first kappa shape index (κ1) is 16.3. The smallest absolute Gasteiger partial charge is 0.341 e. The minimum atomic E-state index is -0.607. The van der Waals surface area contributed by atoms with Gasteiger partial charge in [-0.05, 0) is 29.0 Å². The van der Waals surface area contributed by atoms with Crippen LogP contribution in [0.4, 0.5) is 0 Å². The molecule has 4 rings (SSSR count). The summed E-state index contributed by atoms with van der Waals surface area (Å²) in [5, 5.41) is 2.73. The van der Waals surface area contributed by atoms with Crippen molar-refractivity contribution in [2.45, 2.75) is 6.61 Å². The molecule has 2 aromatic heterocycles. The molecule has 2 aromatic carbocycles. The molecule has 0 saturated carbocycles. The molecule has 0 aliphatic rings. The molecule has 0 unspecified atom stereocenters. The summed E-state index contributed by atoms with van der Waals surface area (Å²) in [6, 6.07) is 15.8. The molecule has 0 radical (unpaired) electrons. The molecule has 0 fully saturated rings. The number of carbonyl (C=O) groups is 1. The maximum absolute atomic E-state index is 12.3. The molecule has 0 aliphatic heterocycles. The van der Waals surface area contributed by atoms with Crippen LogP contribution in [0.5, 0.6) is 0 Å². The Labute approximate surface area is 152 Å². The van der Waals surface area contributed by atoms with E-state index in [2.05, 4.69) is 4.98 Å². The third-order valence-electron chi connectivity index (χ3n) is 4.05. The Morgan fingerprint density at radius 3 is 2.81 bits per heavy atom. The van der Waals surface area contributed by atoms with Crippen molar-refractivity contribution in [3.63, 3.8) is 0 Å². The molecule has 0 saturated heterocycles. The van der Waals surface area contributed by atoms with E-state index in [1.807, 2.05) is 30.3 Å². The van der Waals surface area contributed by atoms with Gasteiger partial charge in [0, 0.05) is 23.2 Å². The van der Waals surface area contributed by atoms with E-state index in [9.17, 15) is 9.59 Å². The normalized spacial score (nSPS) is 11.0. The molecule has 5 nitrogen and oxygen atoms in total. The maximum Gasteiger partial charge on any atom is 0.341 e. The average Bonchev–Trinajstić information content (AvgIpc) is 2.65. The molecule has 0 spiro atoms. The number of ether oxygens (including phenoxy) is 1. The summed E-state index contributed by atoms with van der Waals surface area (Å²) < 4.78 is 10.7. The second-order valence-electron chi connectivity index (χ2n) is 5.67. The zero-order chi connectivity index (χ0) is 18.1.